The number of anilines is 2. The molecular formula is C11H17N9O. The van der Waals surface area contributed by atoms with E-state index < -0.39 is 5.41 Å². The van der Waals surface area contributed by atoms with Crippen molar-refractivity contribution in [2.24, 2.45) is 5.41 Å². The Morgan fingerprint density at radius 1 is 1.38 bits per heavy atom. The van der Waals surface area contributed by atoms with Crippen molar-refractivity contribution in [3.8, 4) is 5.95 Å². The van der Waals surface area contributed by atoms with E-state index in [1.54, 1.807) is 7.05 Å². The number of nitrogens with one attached hydrogen (secondary N) is 2. The van der Waals surface area contributed by atoms with E-state index in [4.69, 9.17) is 5.73 Å². The van der Waals surface area contributed by atoms with Gasteiger partial charge < -0.3 is 16.4 Å². The van der Waals surface area contributed by atoms with Crippen molar-refractivity contribution in [1.82, 2.24) is 35.0 Å². The monoisotopic (exact) mass is 291 g/mol. The molecule has 0 aliphatic carbocycles. The molecule has 0 radical (unpaired) electrons. The van der Waals surface area contributed by atoms with Gasteiger partial charge in [0.25, 0.3) is 5.95 Å². The largest absolute Gasteiger partial charge is 0.368 e. The number of hydrogen-bond donors (Lipinski definition) is 3. The number of nitrogens with zero attached hydrogens (tertiary/aromatic N) is 6. The molecule has 0 aliphatic heterocycles. The van der Waals surface area contributed by atoms with Crippen molar-refractivity contribution < 1.29 is 4.79 Å². The second kappa shape index (κ2) is 5.69. The molecule has 0 aliphatic rings. The fraction of sp³-hybridized carbons (Fsp3) is 0.455. The SMILES string of the molecule is CNC(=O)C(C)(C)CNc1nc(N)nc(-n2cncn2)n1. The van der Waals surface area contributed by atoms with Crippen LogP contribution < -0.4 is 16.4 Å². The molecule has 0 atom stereocenters. The van der Waals surface area contributed by atoms with E-state index in [9.17, 15) is 4.79 Å². The molecule has 0 unspecified atom stereocenters. The Hall–Kier alpha value is -2.78. The summed E-state index contributed by atoms with van der Waals surface area (Å²) in [4.78, 5) is 27.7. The van der Waals surface area contributed by atoms with Gasteiger partial charge in [0.1, 0.15) is 12.7 Å². The molecule has 2 rings (SSSR count). The molecule has 0 aromatic carbocycles. The quantitative estimate of drug-likeness (QED) is 0.652. The molecule has 2 aromatic heterocycles. The Morgan fingerprint density at radius 3 is 2.76 bits per heavy atom. The van der Waals surface area contributed by atoms with Crippen LogP contribution >= 0.6 is 0 Å². The maximum atomic E-state index is 11.7. The molecule has 2 heterocycles. The average Bonchev–Trinajstić information content (AvgIpc) is 2.98. The van der Waals surface area contributed by atoms with Crippen molar-refractivity contribution in [1.29, 1.82) is 0 Å². The lowest BCUT2D eigenvalue weighted by Gasteiger charge is -2.22. The molecule has 0 spiro atoms. The van der Waals surface area contributed by atoms with Gasteiger partial charge in [-0.25, -0.2) is 4.98 Å². The number of carbonyl (C=O) groups excluding carboxylic acids is 1. The van der Waals surface area contributed by atoms with E-state index in [0.717, 1.165) is 0 Å². The number of carbonyl (C=O) groups is 1. The highest BCUT2D eigenvalue weighted by atomic mass is 16.2. The minimum absolute atomic E-state index is 0.0516. The fourth-order valence-corrected chi connectivity index (χ4v) is 1.59. The number of amides is 1. The lowest BCUT2D eigenvalue weighted by atomic mass is 9.92. The molecule has 1 amide bonds. The molecule has 2 aromatic rings. The number of aromatic nitrogens is 6. The van der Waals surface area contributed by atoms with Crippen LogP contribution in [0.3, 0.4) is 0 Å². The topological polar surface area (TPSA) is 137 Å². The molecule has 0 saturated carbocycles. The van der Waals surface area contributed by atoms with E-state index >= 15 is 0 Å². The summed E-state index contributed by atoms with van der Waals surface area (Å²) in [6.07, 6.45) is 2.81. The predicted octanol–water partition coefficient (Wildman–Crippen LogP) is -0.781. The van der Waals surface area contributed by atoms with Crippen LogP contribution in [0.2, 0.25) is 0 Å². The Labute approximate surface area is 121 Å². The number of nitrogens with two attached hydrogens (primary N) is 1. The maximum Gasteiger partial charge on any atom is 0.258 e. The highest BCUT2D eigenvalue weighted by Gasteiger charge is 2.26. The number of rotatable bonds is 5. The summed E-state index contributed by atoms with van der Waals surface area (Å²) >= 11 is 0. The van der Waals surface area contributed by atoms with Crippen molar-refractivity contribution in [2.75, 3.05) is 24.6 Å². The minimum Gasteiger partial charge on any atom is -0.368 e. The van der Waals surface area contributed by atoms with Crippen molar-refractivity contribution in [3.05, 3.63) is 12.7 Å². The third-order valence-corrected chi connectivity index (χ3v) is 2.79. The molecule has 21 heavy (non-hydrogen) atoms. The zero-order valence-electron chi connectivity index (χ0n) is 12.0. The zero-order valence-corrected chi connectivity index (χ0v) is 12.0. The summed E-state index contributed by atoms with van der Waals surface area (Å²) in [6, 6.07) is 0. The summed E-state index contributed by atoms with van der Waals surface area (Å²) in [7, 11) is 1.59. The lowest BCUT2D eigenvalue weighted by molar-refractivity contribution is -0.128. The van der Waals surface area contributed by atoms with E-state index in [0.29, 0.717) is 6.54 Å². The zero-order chi connectivity index (χ0) is 15.5. The van der Waals surface area contributed by atoms with Gasteiger partial charge in [-0.15, -0.1) is 0 Å². The van der Waals surface area contributed by atoms with Gasteiger partial charge in [-0.05, 0) is 13.8 Å². The van der Waals surface area contributed by atoms with E-state index in [2.05, 4.69) is 35.7 Å². The van der Waals surface area contributed by atoms with Gasteiger partial charge in [-0.2, -0.15) is 24.7 Å². The van der Waals surface area contributed by atoms with Gasteiger partial charge in [-0.3, -0.25) is 4.79 Å². The van der Waals surface area contributed by atoms with E-state index in [-0.39, 0.29) is 23.8 Å². The number of hydrogen-bond acceptors (Lipinski definition) is 8. The first kappa shape index (κ1) is 14.6. The highest BCUT2D eigenvalue weighted by Crippen LogP contribution is 2.16. The third-order valence-electron chi connectivity index (χ3n) is 2.79. The first-order valence-electron chi connectivity index (χ1n) is 6.25. The molecule has 4 N–H and O–H groups in total. The van der Waals surface area contributed by atoms with Gasteiger partial charge >= 0.3 is 0 Å². The van der Waals surface area contributed by atoms with Crippen LogP contribution in [0.15, 0.2) is 12.7 Å². The highest BCUT2D eigenvalue weighted by molar-refractivity contribution is 5.82. The average molecular weight is 291 g/mol. The summed E-state index contributed by atoms with van der Waals surface area (Å²) in [5.74, 6) is 0.481. The van der Waals surface area contributed by atoms with E-state index in [1.807, 2.05) is 13.8 Å². The summed E-state index contributed by atoms with van der Waals surface area (Å²) < 4.78 is 1.37. The van der Waals surface area contributed by atoms with Gasteiger partial charge in [0, 0.05) is 13.6 Å². The van der Waals surface area contributed by atoms with Crippen LogP contribution in [0.25, 0.3) is 5.95 Å². The molecule has 0 fully saturated rings. The van der Waals surface area contributed by atoms with Gasteiger partial charge in [0.05, 0.1) is 5.41 Å². The van der Waals surface area contributed by atoms with Crippen molar-refractivity contribution in [2.45, 2.75) is 13.8 Å². The van der Waals surface area contributed by atoms with Crippen LogP contribution in [0.1, 0.15) is 13.8 Å². The maximum absolute atomic E-state index is 11.7. The predicted molar refractivity (Wildman–Crippen MR) is 75.5 cm³/mol. The lowest BCUT2D eigenvalue weighted by Crippen LogP contribution is -2.39. The van der Waals surface area contributed by atoms with Crippen LogP contribution in [-0.2, 0) is 4.79 Å². The first-order chi connectivity index (χ1) is 9.92. The van der Waals surface area contributed by atoms with Crippen molar-refractivity contribution in [3.63, 3.8) is 0 Å². The second-order valence-corrected chi connectivity index (χ2v) is 4.97. The van der Waals surface area contributed by atoms with Gasteiger partial charge in [0.15, 0.2) is 0 Å². The number of nitrogen functional groups attached to an aromatic ring is 1. The molecular weight excluding hydrogens is 274 g/mol. The van der Waals surface area contributed by atoms with Crippen LogP contribution in [-0.4, -0.2) is 49.2 Å². The summed E-state index contributed by atoms with van der Waals surface area (Å²) in [6.45, 7) is 3.95. The Bertz CT molecular complexity index is 623. The second-order valence-electron chi connectivity index (χ2n) is 4.97. The minimum atomic E-state index is -0.621. The molecule has 0 saturated heterocycles. The van der Waals surface area contributed by atoms with Crippen molar-refractivity contribution >= 4 is 17.8 Å². The smallest absolute Gasteiger partial charge is 0.258 e. The normalized spacial score (nSPS) is 11.2. The molecule has 112 valence electrons. The van der Waals surface area contributed by atoms with Crippen LogP contribution in [0, 0.1) is 5.41 Å². The fourth-order valence-electron chi connectivity index (χ4n) is 1.59. The Balaban J connectivity index is 2.16. The van der Waals surface area contributed by atoms with Crippen LogP contribution in [0.4, 0.5) is 11.9 Å². The van der Waals surface area contributed by atoms with Gasteiger partial charge in [0.2, 0.25) is 17.8 Å². The van der Waals surface area contributed by atoms with Gasteiger partial charge in [-0.1, -0.05) is 0 Å². The standard InChI is InChI=1S/C11H17N9O/c1-11(2,7(21)13-3)4-15-9-17-8(12)18-10(19-9)20-6-14-5-16-20/h5-6H,4H2,1-3H3,(H,13,21)(H3,12,15,17,18,19). The molecule has 0 bridgehead atoms. The molecule has 10 heteroatoms. The first-order valence-corrected chi connectivity index (χ1v) is 6.25. The molecule has 10 nitrogen and oxygen atoms in total. The Kier molecular flexibility index (Phi) is 3.96. The van der Waals surface area contributed by atoms with E-state index in [1.165, 1.54) is 17.3 Å². The third kappa shape index (κ3) is 3.41. The van der Waals surface area contributed by atoms with Crippen LogP contribution in [0.5, 0.6) is 0 Å². The summed E-state index contributed by atoms with van der Waals surface area (Å²) in [5.41, 5.74) is 5.03. The Morgan fingerprint density at radius 2 is 2.14 bits per heavy atom. The summed E-state index contributed by atoms with van der Waals surface area (Å²) in [5, 5.41) is 9.51.